The highest BCUT2D eigenvalue weighted by molar-refractivity contribution is 5.93. The fourth-order valence-electron chi connectivity index (χ4n) is 1.21. The highest BCUT2D eigenvalue weighted by Crippen LogP contribution is 1.97. The number of carbonyl (C=O) groups is 2. The van der Waals surface area contributed by atoms with Gasteiger partial charge in [-0.05, 0) is 19.9 Å². The van der Waals surface area contributed by atoms with E-state index in [1.807, 2.05) is 27.7 Å². The summed E-state index contributed by atoms with van der Waals surface area (Å²) in [5, 5.41) is 13.8. The van der Waals surface area contributed by atoms with E-state index in [2.05, 4.69) is 20.2 Å². The van der Waals surface area contributed by atoms with Crippen molar-refractivity contribution in [3.63, 3.8) is 0 Å². The molecule has 11 heteroatoms. The minimum absolute atomic E-state index is 0.0642. The standard InChI is InChI=1S/C8H8N2O5.C5H12N2O2.C2H6/c11-8(7-2-1-4-14-6-7)9-3-5-15-10(12)13;1-4(2)7-5(8)9-3-6;1-2/h1-2,4,6H,3,5H2;4H,3,6H2,1-2H3,(H,7,8);1-2H3/p+1. The fraction of sp³-hybridized carbons (Fsp3) is 0.533. The maximum Gasteiger partial charge on any atom is 0.408 e. The van der Waals surface area contributed by atoms with E-state index < -0.39 is 11.2 Å². The molecule has 0 aliphatic rings. The molecule has 11 nitrogen and oxygen atoms in total. The normalized spacial score (nSPS) is 8.85. The molecule has 0 fully saturated rings. The predicted octanol–water partition coefficient (Wildman–Crippen LogP) is 1.56. The Kier molecular flexibility index (Phi) is 16.4. The lowest BCUT2D eigenvalue weighted by Crippen LogP contribution is -2.32. The number of rotatable bonds is 7. The maximum absolute atomic E-state index is 11.3. The fourth-order valence-corrected chi connectivity index (χ4v) is 1.21. The molecular weight excluding hydrogens is 348 g/mol. The number of hydrogen-bond donors (Lipinski definition) is 3. The maximum atomic E-state index is 11.3. The van der Waals surface area contributed by atoms with Crippen LogP contribution in [0.1, 0.15) is 38.1 Å². The lowest BCUT2D eigenvalue weighted by Gasteiger charge is -2.06. The Hall–Kier alpha value is -2.95. The first-order valence-corrected chi connectivity index (χ1v) is 7.91. The van der Waals surface area contributed by atoms with Crippen LogP contribution in [0.5, 0.6) is 0 Å². The lowest BCUT2D eigenvalue weighted by atomic mass is 10.3. The molecule has 0 saturated heterocycles. The molecule has 0 aliphatic heterocycles. The molecular formula is C15H27N4O7+. The van der Waals surface area contributed by atoms with Crippen molar-refractivity contribution in [3.05, 3.63) is 40.3 Å². The smallest absolute Gasteiger partial charge is 0.408 e. The van der Waals surface area contributed by atoms with Crippen LogP contribution < -0.4 is 16.4 Å². The van der Waals surface area contributed by atoms with Crippen LogP contribution in [0.15, 0.2) is 29.1 Å². The first kappa shape index (κ1) is 25.3. The molecule has 4 N–H and O–H groups in total. The Morgan fingerprint density at radius 1 is 1.38 bits per heavy atom. The summed E-state index contributed by atoms with van der Waals surface area (Å²) in [5.41, 5.74) is 5.27. The Morgan fingerprint density at radius 3 is 2.50 bits per heavy atom. The zero-order valence-electron chi connectivity index (χ0n) is 15.4. The van der Waals surface area contributed by atoms with Gasteiger partial charge in [0.1, 0.15) is 18.9 Å². The third kappa shape index (κ3) is 15.9. The van der Waals surface area contributed by atoms with Gasteiger partial charge in [-0.25, -0.2) is 9.21 Å². The number of nitrogens with two attached hydrogens (primary N) is 1. The van der Waals surface area contributed by atoms with Crippen LogP contribution in [-0.2, 0) is 9.57 Å². The largest absolute Gasteiger partial charge is 0.434 e. The summed E-state index contributed by atoms with van der Waals surface area (Å²) in [6, 6.07) is 3.24. The molecule has 0 saturated carbocycles. The van der Waals surface area contributed by atoms with Gasteiger partial charge in [0.05, 0.1) is 0 Å². The minimum atomic E-state index is -0.913. The molecule has 1 rings (SSSR count). The van der Waals surface area contributed by atoms with Gasteiger partial charge >= 0.3 is 18.6 Å². The number of ether oxygens (including phenoxy) is 1. The van der Waals surface area contributed by atoms with E-state index in [1.54, 1.807) is 12.1 Å². The molecule has 0 radical (unpaired) electrons. The van der Waals surface area contributed by atoms with Gasteiger partial charge in [0, 0.05) is 18.7 Å². The number of hydrogen-bond acceptors (Lipinski definition) is 7. The average molecular weight is 375 g/mol. The Morgan fingerprint density at radius 2 is 2.04 bits per heavy atom. The Labute approximate surface area is 151 Å². The van der Waals surface area contributed by atoms with Crippen LogP contribution >= 0.6 is 0 Å². The molecule has 2 amide bonds. The third-order valence-corrected chi connectivity index (χ3v) is 2.10. The Bertz CT molecular complexity index is 512. The van der Waals surface area contributed by atoms with Gasteiger partial charge in [-0.2, -0.15) is 0 Å². The number of nitrogens with one attached hydrogen (secondary N) is 2. The van der Waals surface area contributed by atoms with E-state index >= 15 is 0 Å². The first-order chi connectivity index (χ1) is 12.4. The van der Waals surface area contributed by atoms with Crippen molar-refractivity contribution in [1.29, 1.82) is 0 Å². The number of nitrogens with zero attached hydrogens (tertiary/aromatic N) is 1. The quantitative estimate of drug-likeness (QED) is 0.213. The van der Waals surface area contributed by atoms with E-state index in [4.69, 9.17) is 10.2 Å². The molecule has 0 unspecified atom stereocenters. The monoisotopic (exact) mass is 375 g/mol. The summed E-state index contributed by atoms with van der Waals surface area (Å²) >= 11 is 0. The van der Waals surface area contributed by atoms with E-state index in [0.29, 0.717) is 5.56 Å². The van der Waals surface area contributed by atoms with E-state index in [-0.39, 0.29) is 31.8 Å². The highest BCUT2D eigenvalue weighted by atomic mass is 16.9. The topological polar surface area (TPSA) is 157 Å². The molecule has 26 heavy (non-hydrogen) atoms. The van der Waals surface area contributed by atoms with Gasteiger partial charge in [0.15, 0.2) is 0 Å². The van der Waals surface area contributed by atoms with Crippen molar-refractivity contribution in [2.75, 3.05) is 19.9 Å². The van der Waals surface area contributed by atoms with Gasteiger partial charge in [0.25, 0.3) is 11.0 Å². The predicted molar refractivity (Wildman–Crippen MR) is 93.5 cm³/mol. The van der Waals surface area contributed by atoms with Crippen LogP contribution in [0.3, 0.4) is 0 Å². The summed E-state index contributed by atoms with van der Waals surface area (Å²) in [7, 11) is 0. The summed E-state index contributed by atoms with van der Waals surface area (Å²) < 4.78 is 9.15. The van der Waals surface area contributed by atoms with Crippen LogP contribution in [0.4, 0.5) is 4.79 Å². The molecule has 0 atom stereocenters. The number of alkyl carbamates (subject to hydrolysis) is 1. The van der Waals surface area contributed by atoms with Crippen molar-refractivity contribution in [3.8, 4) is 0 Å². The molecule has 0 aliphatic carbocycles. The van der Waals surface area contributed by atoms with Crippen molar-refractivity contribution in [1.82, 2.24) is 10.6 Å². The van der Waals surface area contributed by atoms with Crippen LogP contribution in [0.2, 0.25) is 0 Å². The number of amides is 2. The zero-order valence-corrected chi connectivity index (χ0v) is 15.4. The van der Waals surface area contributed by atoms with Gasteiger partial charge < -0.3 is 20.2 Å². The van der Waals surface area contributed by atoms with Gasteiger partial charge in [-0.15, -0.1) is 10.1 Å². The third-order valence-electron chi connectivity index (χ3n) is 2.10. The summed E-state index contributed by atoms with van der Waals surface area (Å²) in [6.07, 6.45) is 2.24. The van der Waals surface area contributed by atoms with E-state index in [0.717, 1.165) is 0 Å². The van der Waals surface area contributed by atoms with E-state index in [9.17, 15) is 19.7 Å². The van der Waals surface area contributed by atoms with Gasteiger partial charge in [-0.3, -0.25) is 10.5 Å². The van der Waals surface area contributed by atoms with Crippen molar-refractivity contribution < 1.29 is 28.7 Å². The lowest BCUT2D eigenvalue weighted by molar-refractivity contribution is -0.757. The minimum Gasteiger partial charge on any atom is -0.434 e. The second kappa shape index (κ2) is 16.9. The average Bonchev–Trinajstić information content (AvgIpc) is 2.61. The second-order valence-electron chi connectivity index (χ2n) is 4.41. The van der Waals surface area contributed by atoms with Gasteiger partial charge in [-0.1, -0.05) is 13.8 Å². The van der Waals surface area contributed by atoms with Crippen molar-refractivity contribution >= 4 is 12.0 Å². The molecule has 1 aromatic heterocycles. The van der Waals surface area contributed by atoms with Crippen molar-refractivity contribution in [2.24, 2.45) is 5.73 Å². The second-order valence-corrected chi connectivity index (χ2v) is 4.41. The molecule has 1 aromatic rings. The van der Waals surface area contributed by atoms with Crippen LogP contribution in [0.25, 0.3) is 0 Å². The summed E-state index contributed by atoms with van der Waals surface area (Å²) in [6.45, 7) is 7.51. The SMILES string of the molecule is CC.CC(C)NC(=O)OCN.O=C(NCCO[N+](=O)[O-])c1ccc[o+]c1. The van der Waals surface area contributed by atoms with Crippen molar-refractivity contribution in [2.45, 2.75) is 33.7 Å². The van der Waals surface area contributed by atoms with Crippen LogP contribution in [0, 0.1) is 10.1 Å². The highest BCUT2D eigenvalue weighted by Gasteiger charge is 2.08. The molecule has 0 bridgehead atoms. The Balaban J connectivity index is 0. The molecule has 0 spiro atoms. The zero-order chi connectivity index (χ0) is 20.4. The van der Waals surface area contributed by atoms with Crippen LogP contribution in [-0.4, -0.2) is 43.0 Å². The summed E-state index contributed by atoms with van der Waals surface area (Å²) in [4.78, 5) is 35.5. The molecule has 148 valence electrons. The first-order valence-electron chi connectivity index (χ1n) is 7.91. The molecule has 1 heterocycles. The summed E-state index contributed by atoms with van der Waals surface area (Å²) in [5.74, 6) is -0.369. The molecule has 0 aromatic carbocycles. The number of carbonyl (C=O) groups excluding carboxylic acids is 2. The van der Waals surface area contributed by atoms with Gasteiger partial charge in [0.2, 0.25) is 0 Å². The van der Waals surface area contributed by atoms with E-state index in [1.165, 1.54) is 12.5 Å².